The van der Waals surface area contributed by atoms with Crippen molar-refractivity contribution < 1.29 is 27.8 Å². The summed E-state index contributed by atoms with van der Waals surface area (Å²) >= 11 is 0. The van der Waals surface area contributed by atoms with Gasteiger partial charge in [0.1, 0.15) is 12.4 Å². The first-order chi connectivity index (χ1) is 15.8. The van der Waals surface area contributed by atoms with Gasteiger partial charge in [-0.05, 0) is 49.7 Å². The van der Waals surface area contributed by atoms with Crippen LogP contribution in [0.2, 0.25) is 0 Å². The second-order valence-electron chi connectivity index (χ2n) is 8.10. The molecule has 1 saturated heterocycles. The molecule has 1 aromatic heterocycles. The van der Waals surface area contributed by atoms with Crippen molar-refractivity contribution in [3.05, 3.63) is 65.9 Å². The standard InChI is InChI=1S/C24H26N2O6S/c1-16-13-17(20-5-3-4-6-22(20)25-16)14-32-18-7-9-19(10-8-18)33(29,30)26(2)23-11-12-31-15-21(23)24(27)28/h3-10,13,21,23H,11-12,14-15H2,1-2H3,(H,27,28). The average molecular weight is 471 g/mol. The fourth-order valence-corrected chi connectivity index (χ4v) is 5.55. The maximum Gasteiger partial charge on any atom is 0.310 e. The van der Waals surface area contributed by atoms with E-state index in [1.54, 1.807) is 12.1 Å². The molecule has 3 aromatic rings. The Kier molecular flexibility index (Phi) is 6.64. The highest BCUT2D eigenvalue weighted by Crippen LogP contribution is 2.27. The van der Waals surface area contributed by atoms with E-state index in [9.17, 15) is 18.3 Å². The van der Waals surface area contributed by atoms with Gasteiger partial charge in [0, 0.05) is 36.3 Å². The highest BCUT2D eigenvalue weighted by molar-refractivity contribution is 7.89. The Morgan fingerprint density at radius 1 is 1.21 bits per heavy atom. The van der Waals surface area contributed by atoms with Crippen LogP contribution in [0.15, 0.2) is 59.5 Å². The molecule has 0 aliphatic carbocycles. The SMILES string of the molecule is Cc1cc(COc2ccc(S(=O)(=O)N(C)C3CCOCC3C(=O)O)cc2)c2ccccc2n1. The third-order valence-corrected chi connectivity index (χ3v) is 7.83. The molecule has 1 aliphatic rings. The smallest absolute Gasteiger partial charge is 0.310 e. The molecule has 8 nitrogen and oxygen atoms in total. The third kappa shape index (κ3) is 4.85. The second-order valence-corrected chi connectivity index (χ2v) is 10.1. The second kappa shape index (κ2) is 9.46. The molecule has 33 heavy (non-hydrogen) atoms. The molecular formula is C24H26N2O6S. The summed E-state index contributed by atoms with van der Waals surface area (Å²) in [7, 11) is -2.45. The Morgan fingerprint density at radius 2 is 1.94 bits per heavy atom. The van der Waals surface area contributed by atoms with Crippen molar-refractivity contribution in [3.8, 4) is 5.75 Å². The largest absolute Gasteiger partial charge is 0.489 e. The maximum absolute atomic E-state index is 13.1. The molecule has 0 amide bonds. The maximum atomic E-state index is 13.1. The summed E-state index contributed by atoms with van der Waals surface area (Å²) in [5, 5.41) is 10.5. The molecule has 2 heterocycles. The molecule has 1 fully saturated rings. The number of rotatable bonds is 7. The van der Waals surface area contributed by atoms with Gasteiger partial charge in [-0.25, -0.2) is 8.42 Å². The quantitative estimate of drug-likeness (QED) is 0.565. The lowest BCUT2D eigenvalue weighted by Crippen LogP contribution is -2.49. The third-order valence-electron chi connectivity index (χ3n) is 5.93. The number of carboxylic acid groups (broad SMARTS) is 1. The number of carboxylic acids is 1. The van der Waals surface area contributed by atoms with Gasteiger partial charge in [-0.1, -0.05) is 18.2 Å². The molecule has 1 aliphatic heterocycles. The Morgan fingerprint density at radius 3 is 2.67 bits per heavy atom. The summed E-state index contributed by atoms with van der Waals surface area (Å²) < 4.78 is 38.5. The zero-order chi connectivity index (χ0) is 23.6. The number of para-hydroxylation sites is 1. The molecule has 9 heteroatoms. The Labute approximate surface area is 192 Å². The summed E-state index contributed by atoms with van der Waals surface area (Å²) in [6, 6.07) is 15.3. The number of benzene rings is 2. The Balaban J connectivity index is 1.49. The minimum Gasteiger partial charge on any atom is -0.489 e. The van der Waals surface area contributed by atoms with Gasteiger partial charge in [0.2, 0.25) is 10.0 Å². The van der Waals surface area contributed by atoms with Crippen molar-refractivity contribution in [2.45, 2.75) is 30.9 Å². The van der Waals surface area contributed by atoms with Crippen LogP contribution in [-0.4, -0.2) is 55.1 Å². The van der Waals surface area contributed by atoms with Gasteiger partial charge in [-0.2, -0.15) is 4.31 Å². The lowest BCUT2D eigenvalue weighted by atomic mass is 9.96. The number of aromatic nitrogens is 1. The van der Waals surface area contributed by atoms with Crippen LogP contribution in [0.5, 0.6) is 5.75 Å². The van der Waals surface area contributed by atoms with E-state index in [0.29, 0.717) is 25.4 Å². The summed E-state index contributed by atoms with van der Waals surface area (Å²) in [6.45, 7) is 2.57. The van der Waals surface area contributed by atoms with E-state index < -0.39 is 28.0 Å². The van der Waals surface area contributed by atoms with Crippen molar-refractivity contribution in [2.75, 3.05) is 20.3 Å². The van der Waals surface area contributed by atoms with Crippen LogP contribution in [0.3, 0.4) is 0 Å². The van der Waals surface area contributed by atoms with Crippen LogP contribution < -0.4 is 4.74 Å². The number of aliphatic carboxylic acids is 1. The number of hydrogen-bond acceptors (Lipinski definition) is 6. The number of aryl methyl sites for hydroxylation is 1. The van der Waals surface area contributed by atoms with Gasteiger partial charge in [0.25, 0.3) is 0 Å². The number of ether oxygens (including phenoxy) is 2. The molecule has 4 rings (SSSR count). The summed E-state index contributed by atoms with van der Waals surface area (Å²) in [4.78, 5) is 16.2. The average Bonchev–Trinajstić information content (AvgIpc) is 2.82. The fraction of sp³-hybridized carbons (Fsp3) is 0.333. The van der Waals surface area contributed by atoms with E-state index in [1.165, 1.54) is 19.2 Å². The zero-order valence-corrected chi connectivity index (χ0v) is 19.3. The Hall–Kier alpha value is -3.01. The van der Waals surface area contributed by atoms with E-state index in [2.05, 4.69) is 4.98 Å². The monoisotopic (exact) mass is 470 g/mol. The summed E-state index contributed by atoms with van der Waals surface area (Å²) in [5.41, 5.74) is 2.78. The zero-order valence-electron chi connectivity index (χ0n) is 18.5. The van der Waals surface area contributed by atoms with E-state index in [0.717, 1.165) is 26.5 Å². The lowest BCUT2D eigenvalue weighted by molar-refractivity contribution is -0.148. The van der Waals surface area contributed by atoms with E-state index in [1.807, 2.05) is 37.3 Å². The number of hydrogen-bond donors (Lipinski definition) is 1. The van der Waals surface area contributed by atoms with Crippen LogP contribution >= 0.6 is 0 Å². The molecule has 2 atom stereocenters. The van der Waals surface area contributed by atoms with Crippen LogP contribution in [0.1, 0.15) is 17.7 Å². The highest BCUT2D eigenvalue weighted by Gasteiger charge is 2.39. The first kappa shape index (κ1) is 23.2. The van der Waals surface area contributed by atoms with Gasteiger partial charge in [-0.15, -0.1) is 0 Å². The number of carbonyl (C=O) groups is 1. The normalized spacial score (nSPS) is 19.0. The minimum absolute atomic E-state index is 0.00417. The molecule has 0 spiro atoms. The molecule has 2 aromatic carbocycles. The number of fused-ring (bicyclic) bond motifs is 1. The molecule has 174 valence electrons. The van der Waals surface area contributed by atoms with Crippen LogP contribution in [0.4, 0.5) is 0 Å². The predicted molar refractivity (Wildman–Crippen MR) is 123 cm³/mol. The van der Waals surface area contributed by atoms with Crippen molar-refractivity contribution in [2.24, 2.45) is 5.92 Å². The van der Waals surface area contributed by atoms with Crippen molar-refractivity contribution >= 4 is 26.9 Å². The van der Waals surface area contributed by atoms with Crippen molar-refractivity contribution in [1.29, 1.82) is 0 Å². The minimum atomic E-state index is -3.87. The molecule has 1 N–H and O–H groups in total. The molecular weight excluding hydrogens is 444 g/mol. The number of pyridine rings is 1. The lowest BCUT2D eigenvalue weighted by Gasteiger charge is -2.34. The molecule has 0 radical (unpaired) electrons. The van der Waals surface area contributed by atoms with Crippen molar-refractivity contribution in [3.63, 3.8) is 0 Å². The van der Waals surface area contributed by atoms with Crippen LogP contribution in [0.25, 0.3) is 10.9 Å². The Bertz CT molecular complexity index is 1260. The van der Waals surface area contributed by atoms with Gasteiger partial charge in [0.05, 0.1) is 22.9 Å². The van der Waals surface area contributed by atoms with Crippen LogP contribution in [-0.2, 0) is 26.2 Å². The first-order valence-corrected chi connectivity index (χ1v) is 12.1. The number of sulfonamides is 1. The van der Waals surface area contributed by atoms with Gasteiger partial charge in [-0.3, -0.25) is 9.78 Å². The van der Waals surface area contributed by atoms with Crippen molar-refractivity contribution in [1.82, 2.24) is 9.29 Å². The van der Waals surface area contributed by atoms with Gasteiger partial charge in [0.15, 0.2) is 0 Å². The topological polar surface area (TPSA) is 106 Å². The van der Waals surface area contributed by atoms with E-state index >= 15 is 0 Å². The van der Waals surface area contributed by atoms with Crippen LogP contribution in [0, 0.1) is 12.8 Å². The molecule has 2 unspecified atom stereocenters. The number of nitrogens with zero attached hydrogens (tertiary/aromatic N) is 2. The summed E-state index contributed by atoms with van der Waals surface area (Å²) in [6.07, 6.45) is 0.327. The highest BCUT2D eigenvalue weighted by atomic mass is 32.2. The van der Waals surface area contributed by atoms with Gasteiger partial charge < -0.3 is 14.6 Å². The molecule has 0 bridgehead atoms. The van der Waals surface area contributed by atoms with Gasteiger partial charge >= 0.3 is 5.97 Å². The summed E-state index contributed by atoms with van der Waals surface area (Å²) in [5.74, 6) is -1.44. The predicted octanol–water partition coefficient (Wildman–Crippen LogP) is 3.23. The first-order valence-electron chi connectivity index (χ1n) is 10.6. The fourth-order valence-electron chi connectivity index (χ4n) is 4.13. The molecule has 0 saturated carbocycles. The van der Waals surface area contributed by atoms with E-state index in [-0.39, 0.29) is 11.5 Å². The van der Waals surface area contributed by atoms with E-state index in [4.69, 9.17) is 9.47 Å².